The second-order valence-corrected chi connectivity index (χ2v) is 3.34. The van der Waals surface area contributed by atoms with Gasteiger partial charge < -0.3 is 20.1 Å². The molecule has 0 amide bonds. The summed E-state index contributed by atoms with van der Waals surface area (Å²) in [7, 11) is 0. The van der Waals surface area contributed by atoms with E-state index in [2.05, 4.69) is 0 Å². The summed E-state index contributed by atoms with van der Waals surface area (Å²) in [6.07, 6.45) is 0.852. The lowest BCUT2D eigenvalue weighted by molar-refractivity contribution is -0.116. The Labute approximate surface area is 100 Å². The number of aliphatic hydroxyl groups is 3. The van der Waals surface area contributed by atoms with Crippen LogP contribution in [0.4, 0.5) is 0 Å². The maximum atomic E-state index is 9.81. The molecule has 3 N–H and O–H groups in total. The Morgan fingerprint density at radius 1 is 1.12 bits per heavy atom. The van der Waals surface area contributed by atoms with Crippen molar-refractivity contribution in [2.75, 3.05) is 6.61 Å². The molecule has 4 nitrogen and oxygen atoms in total. The first-order valence-corrected chi connectivity index (χ1v) is 5.28. The van der Waals surface area contributed by atoms with Gasteiger partial charge in [0.2, 0.25) is 0 Å². The number of aliphatic hydroxyl groups excluding tert-OH is 3. The molecule has 0 aliphatic rings. The first-order valence-electron chi connectivity index (χ1n) is 5.28. The van der Waals surface area contributed by atoms with Gasteiger partial charge in [-0.3, -0.25) is 0 Å². The van der Waals surface area contributed by atoms with Crippen LogP contribution < -0.4 is 0 Å². The van der Waals surface area contributed by atoms with E-state index in [-0.39, 0.29) is 25.9 Å². The molecular formula is C12H30O4. The second kappa shape index (κ2) is 20.0. The van der Waals surface area contributed by atoms with Gasteiger partial charge in [-0.15, -0.1) is 0 Å². The van der Waals surface area contributed by atoms with Crippen molar-refractivity contribution >= 4 is 5.78 Å². The van der Waals surface area contributed by atoms with Crippen LogP contribution in [0, 0.1) is 0 Å². The molecule has 0 aliphatic heterocycles. The number of ketones is 1. The average molecular weight is 238 g/mol. The maximum Gasteiger partial charge on any atom is 0.129 e. The van der Waals surface area contributed by atoms with Crippen molar-refractivity contribution in [2.24, 2.45) is 0 Å². The number of hydrogen-bond acceptors (Lipinski definition) is 4. The quantitative estimate of drug-likeness (QED) is 0.700. The van der Waals surface area contributed by atoms with Crippen LogP contribution in [0.3, 0.4) is 0 Å². The van der Waals surface area contributed by atoms with Crippen LogP contribution in [0.2, 0.25) is 0 Å². The van der Waals surface area contributed by atoms with Crippen LogP contribution >= 0.6 is 0 Å². The summed E-state index contributed by atoms with van der Waals surface area (Å²) in [4.78, 5) is 9.81. The van der Waals surface area contributed by atoms with Crippen molar-refractivity contribution in [1.82, 2.24) is 0 Å². The second-order valence-electron chi connectivity index (χ2n) is 3.34. The molecule has 0 radical (unpaired) electrons. The highest BCUT2D eigenvalue weighted by molar-refractivity contribution is 5.74. The van der Waals surface area contributed by atoms with Crippen molar-refractivity contribution < 1.29 is 20.1 Å². The molecule has 0 heterocycles. The fraction of sp³-hybridized carbons (Fsp3) is 0.917. The lowest BCUT2D eigenvalue weighted by atomic mass is 10.3. The SMILES string of the molecule is C.CC(O)CO.CCC(C)=O.CCC(C)O. The van der Waals surface area contributed by atoms with Gasteiger partial charge in [-0.2, -0.15) is 0 Å². The van der Waals surface area contributed by atoms with Gasteiger partial charge in [-0.1, -0.05) is 21.3 Å². The molecule has 0 aromatic carbocycles. The van der Waals surface area contributed by atoms with Crippen LogP contribution in [0.25, 0.3) is 0 Å². The predicted molar refractivity (Wildman–Crippen MR) is 68.4 cm³/mol. The van der Waals surface area contributed by atoms with Crippen molar-refractivity contribution in [3.63, 3.8) is 0 Å². The molecule has 0 bridgehead atoms. The monoisotopic (exact) mass is 238 g/mol. The summed E-state index contributed by atoms with van der Waals surface area (Å²) < 4.78 is 0. The van der Waals surface area contributed by atoms with Crippen molar-refractivity contribution in [3.8, 4) is 0 Å². The third-order valence-electron chi connectivity index (χ3n) is 1.35. The molecule has 0 spiro atoms. The van der Waals surface area contributed by atoms with Crippen LogP contribution in [0.5, 0.6) is 0 Å². The average Bonchev–Trinajstić information content (AvgIpc) is 2.19. The molecule has 102 valence electrons. The first kappa shape index (κ1) is 24.7. The zero-order chi connectivity index (χ0) is 12.9. The molecule has 0 aromatic rings. The van der Waals surface area contributed by atoms with Gasteiger partial charge in [0, 0.05) is 6.42 Å². The molecule has 4 heteroatoms. The maximum absolute atomic E-state index is 9.81. The minimum atomic E-state index is -0.560. The minimum absolute atomic E-state index is 0. The summed E-state index contributed by atoms with van der Waals surface area (Å²) in [5.74, 6) is 0.255. The molecule has 0 rings (SSSR count). The minimum Gasteiger partial charge on any atom is -0.394 e. The van der Waals surface area contributed by atoms with E-state index in [9.17, 15) is 4.79 Å². The van der Waals surface area contributed by atoms with E-state index in [4.69, 9.17) is 15.3 Å². The van der Waals surface area contributed by atoms with Gasteiger partial charge in [-0.05, 0) is 27.2 Å². The van der Waals surface area contributed by atoms with Gasteiger partial charge >= 0.3 is 0 Å². The van der Waals surface area contributed by atoms with Gasteiger partial charge in [0.05, 0.1) is 18.8 Å². The van der Waals surface area contributed by atoms with Crippen LogP contribution in [-0.2, 0) is 4.79 Å². The van der Waals surface area contributed by atoms with Gasteiger partial charge in [0.15, 0.2) is 0 Å². The molecule has 2 atom stereocenters. The number of hydrogen-bond donors (Lipinski definition) is 3. The Morgan fingerprint density at radius 2 is 1.31 bits per heavy atom. The zero-order valence-electron chi connectivity index (χ0n) is 10.5. The number of carbonyl (C=O) groups excluding carboxylic acids is 1. The Morgan fingerprint density at radius 3 is 1.31 bits per heavy atom. The number of Topliss-reactive ketones (excluding diaryl/α,β-unsaturated/α-hetero) is 1. The van der Waals surface area contributed by atoms with Gasteiger partial charge in [0.1, 0.15) is 5.78 Å². The molecule has 0 fully saturated rings. The largest absolute Gasteiger partial charge is 0.394 e. The fourth-order valence-corrected chi connectivity index (χ4v) is 0. The highest BCUT2D eigenvalue weighted by Gasteiger charge is 1.83. The standard InChI is InChI=1S/C4H10O.C4H8O.C3H8O2.CH4/c2*1-3-4(2)5;1-3(5)2-4;/h4-5H,3H2,1-2H3;3H2,1-2H3;3-5H,2H2,1H3;1H4. The van der Waals surface area contributed by atoms with E-state index in [1.807, 2.05) is 13.8 Å². The third kappa shape index (κ3) is 69.3. The van der Waals surface area contributed by atoms with E-state index in [1.165, 1.54) is 6.92 Å². The Hall–Kier alpha value is -0.450. The van der Waals surface area contributed by atoms with E-state index >= 15 is 0 Å². The third-order valence-corrected chi connectivity index (χ3v) is 1.35. The summed E-state index contributed by atoms with van der Waals surface area (Å²) in [6, 6.07) is 0. The van der Waals surface area contributed by atoms with Crippen molar-refractivity contribution in [1.29, 1.82) is 0 Å². The van der Waals surface area contributed by atoms with E-state index in [0.29, 0.717) is 6.42 Å². The van der Waals surface area contributed by atoms with Crippen molar-refractivity contribution in [3.05, 3.63) is 0 Å². The topological polar surface area (TPSA) is 77.8 Å². The molecular weight excluding hydrogens is 208 g/mol. The summed E-state index contributed by atoms with van der Waals surface area (Å²) in [6.45, 7) is 8.55. The van der Waals surface area contributed by atoms with Crippen LogP contribution in [0.15, 0.2) is 0 Å². The lowest BCUT2D eigenvalue weighted by Gasteiger charge is -1.90. The fourth-order valence-electron chi connectivity index (χ4n) is 0. The van der Waals surface area contributed by atoms with Crippen LogP contribution in [-0.4, -0.2) is 39.9 Å². The van der Waals surface area contributed by atoms with Crippen molar-refractivity contribution in [2.45, 2.75) is 67.1 Å². The summed E-state index contributed by atoms with van der Waals surface area (Å²) in [5.41, 5.74) is 0. The first-order chi connectivity index (χ1) is 6.81. The zero-order valence-corrected chi connectivity index (χ0v) is 10.5. The summed E-state index contributed by atoms with van der Waals surface area (Å²) in [5, 5.41) is 24.4. The molecule has 0 saturated carbocycles. The Balaban J connectivity index is -0.0000000655. The highest BCUT2D eigenvalue weighted by Crippen LogP contribution is 1.81. The number of rotatable bonds is 3. The normalized spacial score (nSPS) is 11.8. The van der Waals surface area contributed by atoms with Gasteiger partial charge in [-0.25, -0.2) is 0 Å². The van der Waals surface area contributed by atoms with E-state index in [1.54, 1.807) is 13.8 Å². The van der Waals surface area contributed by atoms with Crippen LogP contribution in [0.1, 0.15) is 54.9 Å². The molecule has 16 heavy (non-hydrogen) atoms. The highest BCUT2D eigenvalue weighted by atomic mass is 16.3. The molecule has 0 saturated heterocycles. The molecule has 0 aromatic heterocycles. The summed E-state index contributed by atoms with van der Waals surface area (Å²) >= 11 is 0. The smallest absolute Gasteiger partial charge is 0.129 e. The predicted octanol–water partition coefficient (Wildman–Crippen LogP) is 1.76. The Bertz CT molecular complexity index is 114. The lowest BCUT2D eigenvalue weighted by Crippen LogP contribution is -2.03. The van der Waals surface area contributed by atoms with E-state index < -0.39 is 6.10 Å². The van der Waals surface area contributed by atoms with Gasteiger partial charge in [0.25, 0.3) is 0 Å². The molecule has 2 unspecified atom stereocenters. The number of carbonyl (C=O) groups is 1. The van der Waals surface area contributed by atoms with E-state index in [0.717, 1.165) is 6.42 Å². The Kier molecular flexibility index (Phi) is 30.9. The molecule has 0 aliphatic carbocycles.